The van der Waals surface area contributed by atoms with Gasteiger partial charge in [-0.15, -0.1) is 23.1 Å². The number of hydrogen-bond acceptors (Lipinski definition) is 7. The highest BCUT2D eigenvalue weighted by atomic mass is 127. The molecule has 0 fully saturated rings. The van der Waals surface area contributed by atoms with E-state index in [4.69, 9.17) is 18.9 Å². The first kappa shape index (κ1) is 41.3. The number of hydrogen-bond donors (Lipinski definition) is 1. The molecule has 272 valence electrons. The Labute approximate surface area is 333 Å². The minimum absolute atomic E-state index is 0.0257. The molecule has 2 aliphatic rings. The molecule has 1 aromatic heterocycles. The van der Waals surface area contributed by atoms with Gasteiger partial charge in [0, 0.05) is 28.1 Å². The van der Waals surface area contributed by atoms with E-state index >= 15 is 0 Å². The fourth-order valence-corrected chi connectivity index (χ4v) is 9.38. The zero-order valence-corrected chi connectivity index (χ0v) is 36.8. The Hall–Kier alpha value is -0.500. The van der Waals surface area contributed by atoms with Gasteiger partial charge in [-0.3, -0.25) is 0 Å². The molecule has 0 spiro atoms. The Kier molecular flexibility index (Phi) is 16.5. The molecule has 3 atom stereocenters. The maximum absolute atomic E-state index is 10.9. The standard InChI is InChI=1S/C39H53Br2IO5S2/c1-7-9-10-17-38(3,4)26-13-15-33(29(20-26)31-23-49-37(41)35(31)47-25-44-8-2)46-19-12-11-18-45-32-16-14-27(39(5,6)24-42)21-28(32)30-22-48-36(40)34(30)43/h13-16,21-23,29,34,36,43H,7-12,17-20,24-25H2,1-6H3. The second-order valence-electron chi connectivity index (χ2n) is 14.0. The van der Waals surface area contributed by atoms with Crippen molar-refractivity contribution in [3.8, 4) is 11.5 Å². The van der Waals surface area contributed by atoms with Gasteiger partial charge < -0.3 is 24.1 Å². The number of alkyl halides is 2. The molecule has 3 unspecified atom stereocenters. The van der Waals surface area contributed by atoms with Crippen LogP contribution in [0.2, 0.25) is 0 Å². The molecule has 1 aliphatic carbocycles. The van der Waals surface area contributed by atoms with Crippen LogP contribution in [0.25, 0.3) is 5.57 Å². The summed E-state index contributed by atoms with van der Waals surface area (Å²) in [5.41, 5.74) is 5.89. The van der Waals surface area contributed by atoms with E-state index in [0.29, 0.717) is 19.8 Å². The molecule has 5 nitrogen and oxygen atoms in total. The summed E-state index contributed by atoms with van der Waals surface area (Å²) in [6, 6.07) is 6.44. The highest BCUT2D eigenvalue weighted by Gasteiger charge is 2.34. The van der Waals surface area contributed by atoms with E-state index in [-0.39, 0.29) is 27.7 Å². The summed E-state index contributed by atoms with van der Waals surface area (Å²) in [4.78, 5) is 0. The topological polar surface area (TPSA) is 57.2 Å². The van der Waals surface area contributed by atoms with Crippen molar-refractivity contribution >= 4 is 83.1 Å². The van der Waals surface area contributed by atoms with Crippen molar-refractivity contribution in [2.75, 3.05) is 31.0 Å². The number of thioether (sulfide) groups is 1. The number of benzene rings is 1. The monoisotopic (exact) mass is 950 g/mol. The summed E-state index contributed by atoms with van der Waals surface area (Å²) >= 11 is 13.0. The zero-order valence-electron chi connectivity index (χ0n) is 29.8. The van der Waals surface area contributed by atoms with Crippen molar-refractivity contribution in [2.45, 2.75) is 108 Å². The molecule has 4 rings (SSSR count). The lowest BCUT2D eigenvalue weighted by Crippen LogP contribution is -2.21. The molecule has 2 heterocycles. The summed E-state index contributed by atoms with van der Waals surface area (Å²) in [6.45, 7) is 15.5. The summed E-state index contributed by atoms with van der Waals surface area (Å²) < 4.78 is 26.6. The number of aliphatic hydroxyl groups excluding tert-OH is 1. The number of halogens is 3. The molecule has 0 saturated heterocycles. The maximum atomic E-state index is 10.9. The van der Waals surface area contributed by atoms with Gasteiger partial charge in [0.05, 0.1) is 17.4 Å². The molecule has 2 aromatic rings. The molecule has 10 heteroatoms. The van der Waals surface area contributed by atoms with Crippen molar-refractivity contribution in [1.82, 2.24) is 0 Å². The van der Waals surface area contributed by atoms with Gasteiger partial charge in [-0.2, -0.15) is 0 Å². The quantitative estimate of drug-likeness (QED) is 0.0618. The minimum atomic E-state index is -0.583. The van der Waals surface area contributed by atoms with Crippen LogP contribution in [0, 0.1) is 5.41 Å². The molecule has 0 amide bonds. The summed E-state index contributed by atoms with van der Waals surface area (Å²) in [5.74, 6) is 2.74. The Morgan fingerprint density at radius 1 is 0.980 bits per heavy atom. The van der Waals surface area contributed by atoms with Crippen molar-refractivity contribution in [2.24, 2.45) is 5.41 Å². The van der Waals surface area contributed by atoms with Crippen LogP contribution in [0.4, 0.5) is 0 Å². The third-order valence-electron chi connectivity index (χ3n) is 9.45. The van der Waals surface area contributed by atoms with Crippen molar-refractivity contribution in [3.05, 3.63) is 72.9 Å². The Morgan fingerprint density at radius 3 is 2.41 bits per heavy atom. The van der Waals surface area contributed by atoms with Gasteiger partial charge in [0.1, 0.15) is 21.4 Å². The smallest absolute Gasteiger partial charge is 0.189 e. The van der Waals surface area contributed by atoms with Crippen LogP contribution in [-0.2, 0) is 14.9 Å². The van der Waals surface area contributed by atoms with Gasteiger partial charge in [0.15, 0.2) is 12.5 Å². The lowest BCUT2D eigenvalue weighted by molar-refractivity contribution is 0.0214. The number of ether oxygens (including phenoxy) is 4. The Morgan fingerprint density at radius 2 is 1.73 bits per heavy atom. The Balaban J connectivity index is 1.43. The molecule has 0 saturated carbocycles. The van der Waals surface area contributed by atoms with Crippen LogP contribution in [0.1, 0.15) is 109 Å². The Bertz CT molecular complexity index is 1470. The average molecular weight is 953 g/mol. The van der Waals surface area contributed by atoms with Crippen LogP contribution in [-0.4, -0.2) is 46.4 Å². The van der Waals surface area contributed by atoms with Gasteiger partial charge in [0.2, 0.25) is 0 Å². The fourth-order valence-electron chi connectivity index (χ4n) is 6.08. The van der Waals surface area contributed by atoms with Crippen LogP contribution in [0.15, 0.2) is 56.3 Å². The van der Waals surface area contributed by atoms with Crippen molar-refractivity contribution < 1.29 is 24.1 Å². The van der Waals surface area contributed by atoms with E-state index in [1.54, 1.807) is 23.1 Å². The number of aliphatic hydroxyl groups is 1. The predicted octanol–water partition coefficient (Wildman–Crippen LogP) is 12.5. The fraction of sp³-hybridized carbons (Fsp3) is 0.590. The lowest BCUT2D eigenvalue weighted by Gasteiger charge is -2.34. The zero-order chi connectivity index (χ0) is 35.6. The van der Waals surface area contributed by atoms with Crippen LogP contribution in [0.3, 0.4) is 0 Å². The second-order valence-corrected chi connectivity index (χ2v) is 19.6. The van der Waals surface area contributed by atoms with Crippen molar-refractivity contribution in [1.29, 1.82) is 0 Å². The van der Waals surface area contributed by atoms with E-state index in [0.717, 1.165) is 61.4 Å². The van der Waals surface area contributed by atoms with E-state index in [2.05, 4.69) is 130 Å². The third kappa shape index (κ3) is 11.0. The molecule has 1 aliphatic heterocycles. The number of allylic oxidation sites excluding steroid dienone is 4. The summed E-state index contributed by atoms with van der Waals surface area (Å²) in [7, 11) is 0. The predicted molar refractivity (Wildman–Crippen MR) is 224 cm³/mol. The van der Waals surface area contributed by atoms with Crippen molar-refractivity contribution in [3.63, 3.8) is 0 Å². The van der Waals surface area contributed by atoms with E-state index in [1.165, 1.54) is 36.8 Å². The van der Waals surface area contributed by atoms with Crippen LogP contribution in [0.5, 0.6) is 11.5 Å². The molecular weight excluding hydrogens is 899 g/mol. The molecule has 0 bridgehead atoms. The molecular formula is C39H53Br2IO5S2. The number of unbranched alkanes of at least 4 members (excludes halogenated alkanes) is 3. The van der Waals surface area contributed by atoms with Crippen LogP contribution >= 0.6 is 77.5 Å². The lowest BCUT2D eigenvalue weighted by atomic mass is 9.72. The van der Waals surface area contributed by atoms with Crippen LogP contribution < -0.4 is 9.47 Å². The molecule has 0 radical (unpaired) electrons. The highest BCUT2D eigenvalue weighted by molar-refractivity contribution is 14.1. The van der Waals surface area contributed by atoms with Gasteiger partial charge in [-0.1, -0.05) is 110 Å². The molecule has 49 heavy (non-hydrogen) atoms. The third-order valence-corrected chi connectivity index (χ3v) is 15.1. The first-order chi connectivity index (χ1) is 23.4. The number of thiophene rings is 1. The van der Waals surface area contributed by atoms with Gasteiger partial charge in [-0.25, -0.2) is 0 Å². The minimum Gasteiger partial charge on any atom is -0.497 e. The van der Waals surface area contributed by atoms with E-state index in [9.17, 15) is 5.11 Å². The van der Waals surface area contributed by atoms with E-state index in [1.807, 2.05) is 6.92 Å². The largest absolute Gasteiger partial charge is 0.497 e. The molecule has 1 N–H and O–H groups in total. The molecule has 1 aromatic carbocycles. The van der Waals surface area contributed by atoms with Gasteiger partial charge in [-0.05, 0) is 99.5 Å². The normalized spacial score (nSPS) is 19.8. The van der Waals surface area contributed by atoms with Gasteiger partial charge in [0.25, 0.3) is 0 Å². The van der Waals surface area contributed by atoms with E-state index < -0.39 is 6.10 Å². The average Bonchev–Trinajstić information content (AvgIpc) is 3.62. The highest BCUT2D eigenvalue weighted by Crippen LogP contribution is 2.49. The summed E-state index contributed by atoms with van der Waals surface area (Å²) in [6.07, 6.45) is 11.5. The first-order valence-corrected chi connectivity index (χ1v) is 22.5. The van der Waals surface area contributed by atoms with Gasteiger partial charge >= 0.3 is 0 Å². The first-order valence-electron chi connectivity index (χ1n) is 17.5. The number of rotatable bonds is 20. The maximum Gasteiger partial charge on any atom is 0.189 e. The summed E-state index contributed by atoms with van der Waals surface area (Å²) in [5, 5.41) is 15.2. The SMILES string of the molecule is CCCCCC(C)(C)C1=CC=C(OCCCCOc2ccc(C(C)(C)CI)cc2C2=CSC(Br)C2O)C(c2csc(Br)c2OCOCC)C1. The second kappa shape index (κ2) is 19.5.